The van der Waals surface area contributed by atoms with Gasteiger partial charge >= 0.3 is 6.03 Å². The third-order valence-electron chi connectivity index (χ3n) is 5.27. The zero-order valence-corrected chi connectivity index (χ0v) is 17.7. The van der Waals surface area contributed by atoms with Gasteiger partial charge in [0, 0.05) is 32.1 Å². The molecule has 1 atom stereocenters. The van der Waals surface area contributed by atoms with Crippen LogP contribution in [0.25, 0.3) is 0 Å². The molecule has 1 saturated heterocycles. The van der Waals surface area contributed by atoms with E-state index in [4.69, 9.17) is 4.52 Å². The summed E-state index contributed by atoms with van der Waals surface area (Å²) in [5.41, 5.74) is 2.16. The fourth-order valence-corrected chi connectivity index (χ4v) is 3.86. The Morgan fingerprint density at radius 2 is 2.11 bits per heavy atom. The van der Waals surface area contributed by atoms with Gasteiger partial charge in [0.05, 0.1) is 11.6 Å². The van der Waals surface area contributed by atoms with E-state index >= 15 is 0 Å². The Kier molecular flexibility index (Phi) is 6.36. The van der Waals surface area contributed by atoms with E-state index < -0.39 is 0 Å². The number of nitrogens with one attached hydrogen (secondary N) is 1. The highest BCUT2D eigenvalue weighted by Crippen LogP contribution is 2.27. The number of nitrogens with zero attached hydrogens (tertiary/aromatic N) is 5. The maximum absolute atomic E-state index is 12.9. The molecule has 3 rings (SSSR count). The molecular weight excluding hydrogens is 356 g/mol. The number of hydrogen-bond donors (Lipinski definition) is 1. The highest BCUT2D eigenvalue weighted by atomic mass is 16.5. The molecule has 154 valence electrons. The summed E-state index contributed by atoms with van der Waals surface area (Å²) in [6, 6.07) is -0.0908. The molecule has 2 aromatic rings. The van der Waals surface area contributed by atoms with Crippen LogP contribution < -0.4 is 5.32 Å². The van der Waals surface area contributed by atoms with Crippen LogP contribution >= 0.6 is 0 Å². The summed E-state index contributed by atoms with van der Waals surface area (Å²) in [7, 11) is 1.88. The van der Waals surface area contributed by atoms with Crippen LogP contribution in [-0.4, -0.2) is 43.9 Å². The average molecular weight is 389 g/mol. The molecule has 2 aromatic heterocycles. The number of urea groups is 1. The second kappa shape index (κ2) is 8.75. The molecule has 2 amide bonds. The van der Waals surface area contributed by atoms with Gasteiger partial charge in [0.2, 0.25) is 5.89 Å². The van der Waals surface area contributed by atoms with Crippen LogP contribution in [-0.2, 0) is 26.3 Å². The SMILES string of the molecule is CCc1nn(C)c(NC(=O)N2CCC[C@@H](c3nc(CC(C)C)no3)C2)c1CC. The van der Waals surface area contributed by atoms with Gasteiger partial charge in [-0.05, 0) is 31.6 Å². The first-order valence-electron chi connectivity index (χ1n) is 10.4. The lowest BCUT2D eigenvalue weighted by Crippen LogP contribution is -2.42. The average Bonchev–Trinajstić information content (AvgIpc) is 3.25. The summed E-state index contributed by atoms with van der Waals surface area (Å²) in [4.78, 5) is 19.3. The third kappa shape index (κ3) is 4.36. The second-order valence-corrected chi connectivity index (χ2v) is 7.97. The Balaban J connectivity index is 1.68. The molecule has 1 aliphatic heterocycles. The van der Waals surface area contributed by atoms with Crippen LogP contribution in [0.15, 0.2) is 4.52 Å². The van der Waals surface area contributed by atoms with Gasteiger partial charge in [0.15, 0.2) is 5.82 Å². The highest BCUT2D eigenvalue weighted by Gasteiger charge is 2.29. The number of rotatable bonds is 6. The predicted molar refractivity (Wildman–Crippen MR) is 107 cm³/mol. The van der Waals surface area contributed by atoms with E-state index in [-0.39, 0.29) is 11.9 Å². The molecule has 28 heavy (non-hydrogen) atoms. The number of piperidine rings is 1. The van der Waals surface area contributed by atoms with Gasteiger partial charge in [-0.1, -0.05) is 32.9 Å². The first-order chi connectivity index (χ1) is 13.4. The van der Waals surface area contributed by atoms with Crippen LogP contribution in [0.2, 0.25) is 0 Å². The first kappa shape index (κ1) is 20.4. The summed E-state index contributed by atoms with van der Waals surface area (Å²) in [6.07, 6.45) is 4.39. The van der Waals surface area contributed by atoms with Gasteiger partial charge in [-0.25, -0.2) is 4.79 Å². The van der Waals surface area contributed by atoms with E-state index in [0.29, 0.717) is 18.4 Å². The summed E-state index contributed by atoms with van der Waals surface area (Å²) in [6.45, 7) is 9.77. The monoisotopic (exact) mass is 388 g/mol. The van der Waals surface area contributed by atoms with Crippen LogP contribution in [0.4, 0.5) is 10.6 Å². The van der Waals surface area contributed by atoms with E-state index in [9.17, 15) is 4.79 Å². The minimum Gasteiger partial charge on any atom is -0.339 e. The topological polar surface area (TPSA) is 89.1 Å². The molecule has 1 aliphatic rings. The van der Waals surface area contributed by atoms with Gasteiger partial charge in [-0.15, -0.1) is 0 Å². The number of hydrogen-bond acceptors (Lipinski definition) is 5. The normalized spacial score (nSPS) is 17.4. The third-order valence-corrected chi connectivity index (χ3v) is 5.27. The van der Waals surface area contributed by atoms with Crippen molar-refractivity contribution in [3.8, 4) is 0 Å². The minimum absolute atomic E-state index is 0.0908. The molecule has 0 aliphatic carbocycles. The van der Waals surface area contributed by atoms with Crippen molar-refractivity contribution in [2.75, 3.05) is 18.4 Å². The lowest BCUT2D eigenvalue weighted by Gasteiger charge is -2.31. The van der Waals surface area contributed by atoms with E-state index in [1.165, 1.54) is 0 Å². The number of amides is 2. The van der Waals surface area contributed by atoms with Crippen molar-refractivity contribution in [3.05, 3.63) is 23.0 Å². The molecule has 0 saturated carbocycles. The van der Waals surface area contributed by atoms with Crippen LogP contribution in [0, 0.1) is 5.92 Å². The van der Waals surface area contributed by atoms with Crippen molar-refractivity contribution in [1.82, 2.24) is 24.8 Å². The van der Waals surface area contributed by atoms with Crippen molar-refractivity contribution < 1.29 is 9.32 Å². The number of likely N-dealkylation sites (tertiary alicyclic amines) is 1. The van der Waals surface area contributed by atoms with Crippen molar-refractivity contribution >= 4 is 11.8 Å². The fourth-order valence-electron chi connectivity index (χ4n) is 3.86. The highest BCUT2D eigenvalue weighted by molar-refractivity contribution is 5.89. The largest absolute Gasteiger partial charge is 0.339 e. The quantitative estimate of drug-likeness (QED) is 0.817. The first-order valence-corrected chi connectivity index (χ1v) is 10.4. The molecule has 8 nitrogen and oxygen atoms in total. The summed E-state index contributed by atoms with van der Waals surface area (Å²) in [5, 5.41) is 11.7. The Bertz CT molecular complexity index is 810. The van der Waals surface area contributed by atoms with Gasteiger partial charge < -0.3 is 9.42 Å². The predicted octanol–water partition coefficient (Wildman–Crippen LogP) is 3.54. The smallest absolute Gasteiger partial charge is 0.323 e. The summed E-state index contributed by atoms with van der Waals surface area (Å²) >= 11 is 0. The maximum Gasteiger partial charge on any atom is 0.323 e. The molecule has 0 unspecified atom stereocenters. The Morgan fingerprint density at radius 1 is 1.32 bits per heavy atom. The van der Waals surface area contributed by atoms with Gasteiger partial charge in [-0.2, -0.15) is 10.1 Å². The van der Waals surface area contributed by atoms with Crippen molar-refractivity contribution in [2.24, 2.45) is 13.0 Å². The van der Waals surface area contributed by atoms with Gasteiger partial charge in [-0.3, -0.25) is 10.00 Å². The lowest BCUT2D eigenvalue weighted by molar-refractivity contribution is 0.184. The molecule has 0 aromatic carbocycles. The number of anilines is 1. The zero-order chi connectivity index (χ0) is 20.3. The summed E-state index contributed by atoms with van der Waals surface area (Å²) < 4.78 is 7.26. The fraction of sp³-hybridized carbons (Fsp3) is 0.700. The van der Waals surface area contributed by atoms with Crippen LogP contribution in [0.5, 0.6) is 0 Å². The van der Waals surface area contributed by atoms with Crippen LogP contribution in [0.1, 0.15) is 69.4 Å². The zero-order valence-electron chi connectivity index (χ0n) is 17.7. The lowest BCUT2D eigenvalue weighted by atomic mass is 9.98. The molecule has 3 heterocycles. The van der Waals surface area contributed by atoms with E-state index in [1.807, 2.05) is 11.9 Å². The molecular formula is C20H32N6O2. The van der Waals surface area contributed by atoms with Crippen molar-refractivity contribution in [2.45, 2.75) is 65.7 Å². The Morgan fingerprint density at radius 3 is 2.79 bits per heavy atom. The molecule has 8 heteroatoms. The maximum atomic E-state index is 12.9. The standard InChI is InChI=1S/C20H32N6O2/c1-6-15-16(7-2)23-25(5)18(15)22-20(27)26-10-8-9-14(12-26)19-21-17(24-28-19)11-13(3)4/h13-14H,6-12H2,1-5H3,(H,22,27)/t14-/m1/s1. The number of carbonyl (C=O) groups excluding carboxylic acids is 1. The number of aromatic nitrogens is 4. The summed E-state index contributed by atoms with van der Waals surface area (Å²) in [5.74, 6) is 2.77. The molecule has 0 bridgehead atoms. The molecule has 1 N–H and O–H groups in total. The van der Waals surface area contributed by atoms with Gasteiger partial charge in [0.25, 0.3) is 0 Å². The Labute approximate surface area is 166 Å². The molecule has 1 fully saturated rings. The van der Waals surface area contributed by atoms with Crippen LogP contribution in [0.3, 0.4) is 0 Å². The minimum atomic E-state index is -0.0908. The van der Waals surface area contributed by atoms with Crippen molar-refractivity contribution in [1.29, 1.82) is 0 Å². The van der Waals surface area contributed by atoms with Crippen molar-refractivity contribution in [3.63, 3.8) is 0 Å². The van der Waals surface area contributed by atoms with Gasteiger partial charge in [0.1, 0.15) is 5.82 Å². The Hall–Kier alpha value is -2.38. The molecule has 0 radical (unpaired) electrons. The van der Waals surface area contributed by atoms with E-state index in [0.717, 1.165) is 61.5 Å². The van der Waals surface area contributed by atoms with E-state index in [2.05, 4.69) is 48.3 Å². The van der Waals surface area contributed by atoms with E-state index in [1.54, 1.807) is 4.68 Å². The molecule has 0 spiro atoms. The second-order valence-electron chi connectivity index (χ2n) is 7.97. The number of carbonyl (C=O) groups is 1. The number of aryl methyl sites for hydroxylation is 2.